The van der Waals surface area contributed by atoms with Gasteiger partial charge in [-0.15, -0.1) is 22.7 Å². The van der Waals surface area contributed by atoms with E-state index in [-0.39, 0.29) is 12.8 Å². The van der Waals surface area contributed by atoms with Crippen LogP contribution in [0.4, 0.5) is 13.2 Å². The summed E-state index contributed by atoms with van der Waals surface area (Å²) >= 11 is 3.57. The normalized spacial score (nSPS) is 27.4. The molecule has 0 aliphatic heterocycles. The van der Waals surface area contributed by atoms with Crippen LogP contribution in [-0.2, 0) is 0 Å². The van der Waals surface area contributed by atoms with Crippen LogP contribution in [0.5, 0.6) is 0 Å². The van der Waals surface area contributed by atoms with Gasteiger partial charge in [-0.3, -0.25) is 0 Å². The number of thiophene rings is 2. The highest BCUT2D eigenvalue weighted by Crippen LogP contribution is 2.54. The minimum absolute atomic E-state index is 0.252. The molecule has 2 heterocycles. The van der Waals surface area contributed by atoms with Gasteiger partial charge in [0.05, 0.1) is 5.41 Å². The fraction of sp³-hybridized carbons (Fsp3) is 0.625. The third kappa shape index (κ3) is 2.52. The Morgan fingerprint density at radius 3 is 2.33 bits per heavy atom. The molecule has 1 fully saturated rings. The van der Waals surface area contributed by atoms with E-state index in [2.05, 4.69) is 19.9 Å². The van der Waals surface area contributed by atoms with Crippen LogP contribution in [0.15, 0.2) is 6.07 Å². The number of halogens is 3. The summed E-state index contributed by atoms with van der Waals surface area (Å²) in [6.07, 6.45) is -2.26. The van der Waals surface area contributed by atoms with Crippen LogP contribution in [0.3, 0.4) is 0 Å². The Morgan fingerprint density at radius 2 is 1.76 bits per heavy atom. The van der Waals surface area contributed by atoms with Crippen molar-refractivity contribution in [2.75, 3.05) is 0 Å². The van der Waals surface area contributed by atoms with E-state index in [0.717, 1.165) is 0 Å². The number of aryl methyl sites for hydroxylation is 2. The molecule has 0 aromatic carbocycles. The molecule has 0 spiro atoms. The van der Waals surface area contributed by atoms with Crippen LogP contribution in [0.1, 0.15) is 53.8 Å². The predicted octanol–water partition coefficient (Wildman–Crippen LogP) is 6.81. The number of hydrogen-bond donors (Lipinski definition) is 0. The van der Waals surface area contributed by atoms with Crippen molar-refractivity contribution in [3.8, 4) is 0 Å². The predicted molar refractivity (Wildman–Crippen MR) is 84.5 cm³/mol. The second-order valence-electron chi connectivity index (χ2n) is 6.46. The summed E-state index contributed by atoms with van der Waals surface area (Å²) in [5.41, 5.74) is -0.157. The molecule has 21 heavy (non-hydrogen) atoms. The standard InChI is InChI=1S/C16H19F3S2/c1-9-8-12-14(20-9)13(10(2)21-12)11-4-6-15(3,7-5-11)16(17,18)19/h8,11H,4-7H2,1-3H3. The van der Waals surface area contributed by atoms with Crippen molar-refractivity contribution in [1.29, 1.82) is 0 Å². The second kappa shape index (κ2) is 4.98. The molecule has 3 rings (SSSR count). The first-order valence-corrected chi connectivity index (χ1v) is 8.91. The van der Waals surface area contributed by atoms with Gasteiger partial charge < -0.3 is 0 Å². The summed E-state index contributed by atoms with van der Waals surface area (Å²) in [6.45, 7) is 5.59. The van der Waals surface area contributed by atoms with E-state index in [1.807, 2.05) is 0 Å². The molecule has 5 heteroatoms. The van der Waals surface area contributed by atoms with E-state index in [4.69, 9.17) is 0 Å². The van der Waals surface area contributed by atoms with Crippen molar-refractivity contribution in [2.45, 2.75) is 58.5 Å². The fourth-order valence-electron chi connectivity index (χ4n) is 3.43. The topological polar surface area (TPSA) is 0 Å². The fourth-order valence-corrected chi connectivity index (χ4v) is 6.06. The SMILES string of the molecule is Cc1cc2sc(C)c(C3CCC(C)(C(F)(F)F)CC3)c2s1. The molecule has 0 amide bonds. The van der Waals surface area contributed by atoms with Crippen LogP contribution < -0.4 is 0 Å². The van der Waals surface area contributed by atoms with Gasteiger partial charge in [0.2, 0.25) is 0 Å². The Hall–Kier alpha value is -0.550. The van der Waals surface area contributed by atoms with Crippen LogP contribution in [-0.4, -0.2) is 6.18 Å². The van der Waals surface area contributed by atoms with Crippen LogP contribution in [0.25, 0.3) is 9.40 Å². The largest absolute Gasteiger partial charge is 0.394 e. The Bertz CT molecular complexity index is 655. The lowest BCUT2D eigenvalue weighted by Crippen LogP contribution is -2.38. The maximum atomic E-state index is 13.1. The quantitative estimate of drug-likeness (QED) is 0.538. The summed E-state index contributed by atoms with van der Waals surface area (Å²) < 4.78 is 42.0. The highest BCUT2D eigenvalue weighted by Gasteiger charge is 2.52. The van der Waals surface area contributed by atoms with Crippen LogP contribution >= 0.6 is 22.7 Å². The molecule has 116 valence electrons. The Balaban J connectivity index is 1.88. The second-order valence-corrected chi connectivity index (χ2v) is 8.97. The van der Waals surface area contributed by atoms with Crippen LogP contribution in [0.2, 0.25) is 0 Å². The lowest BCUT2D eigenvalue weighted by Gasteiger charge is -2.38. The highest BCUT2D eigenvalue weighted by molar-refractivity contribution is 7.28. The number of rotatable bonds is 1. The summed E-state index contributed by atoms with van der Waals surface area (Å²) in [7, 11) is 0. The van der Waals surface area contributed by atoms with Gasteiger partial charge in [-0.1, -0.05) is 6.92 Å². The van der Waals surface area contributed by atoms with Gasteiger partial charge in [-0.25, -0.2) is 0 Å². The molecular formula is C16H19F3S2. The lowest BCUT2D eigenvalue weighted by molar-refractivity contribution is -0.228. The zero-order valence-corrected chi connectivity index (χ0v) is 14.1. The lowest BCUT2D eigenvalue weighted by atomic mass is 9.69. The maximum absolute atomic E-state index is 13.1. The van der Waals surface area contributed by atoms with E-state index in [1.54, 1.807) is 22.7 Å². The summed E-state index contributed by atoms with van der Waals surface area (Å²) in [5.74, 6) is 0.298. The number of hydrogen-bond acceptors (Lipinski definition) is 2. The molecule has 1 saturated carbocycles. The van der Waals surface area contributed by atoms with Crippen LogP contribution in [0, 0.1) is 19.3 Å². The van der Waals surface area contributed by atoms with Gasteiger partial charge in [0, 0.05) is 19.2 Å². The third-order valence-corrected chi connectivity index (χ3v) is 7.17. The molecule has 0 saturated heterocycles. The molecule has 1 aliphatic carbocycles. The van der Waals surface area contributed by atoms with Gasteiger partial charge in [0.25, 0.3) is 0 Å². The molecule has 0 atom stereocenters. The molecule has 0 unspecified atom stereocenters. The number of alkyl halides is 3. The van der Waals surface area contributed by atoms with Gasteiger partial charge in [-0.05, 0) is 57.1 Å². The molecule has 0 N–H and O–H groups in total. The highest BCUT2D eigenvalue weighted by atomic mass is 32.1. The van der Waals surface area contributed by atoms with E-state index < -0.39 is 11.6 Å². The number of fused-ring (bicyclic) bond motifs is 1. The smallest absolute Gasteiger partial charge is 0.171 e. The van der Waals surface area contributed by atoms with E-state index in [1.165, 1.54) is 31.6 Å². The monoisotopic (exact) mass is 332 g/mol. The molecule has 2 aromatic rings. The first-order chi connectivity index (χ1) is 9.71. The molecule has 0 radical (unpaired) electrons. The summed E-state index contributed by atoms with van der Waals surface area (Å²) in [5, 5.41) is 0. The van der Waals surface area contributed by atoms with E-state index >= 15 is 0 Å². The zero-order chi connectivity index (χ0) is 15.4. The summed E-state index contributed by atoms with van der Waals surface area (Å²) in [4.78, 5) is 2.57. The third-order valence-electron chi connectivity index (χ3n) is 4.89. The van der Waals surface area contributed by atoms with Gasteiger partial charge in [0.1, 0.15) is 0 Å². The Kier molecular flexibility index (Phi) is 3.64. The van der Waals surface area contributed by atoms with Crippen molar-refractivity contribution in [2.24, 2.45) is 5.41 Å². The molecule has 1 aliphatic rings. The van der Waals surface area contributed by atoms with Gasteiger partial charge in [-0.2, -0.15) is 13.2 Å². The Morgan fingerprint density at radius 1 is 1.14 bits per heavy atom. The van der Waals surface area contributed by atoms with Crippen molar-refractivity contribution < 1.29 is 13.2 Å². The van der Waals surface area contributed by atoms with E-state index in [9.17, 15) is 13.2 Å². The van der Waals surface area contributed by atoms with Gasteiger partial charge >= 0.3 is 6.18 Å². The molecular weight excluding hydrogens is 313 g/mol. The maximum Gasteiger partial charge on any atom is 0.394 e. The minimum atomic E-state index is -4.07. The van der Waals surface area contributed by atoms with Crippen molar-refractivity contribution in [3.05, 3.63) is 21.4 Å². The van der Waals surface area contributed by atoms with Crippen molar-refractivity contribution >= 4 is 32.1 Å². The van der Waals surface area contributed by atoms with E-state index in [0.29, 0.717) is 18.8 Å². The van der Waals surface area contributed by atoms with Gasteiger partial charge in [0.15, 0.2) is 0 Å². The molecule has 0 bridgehead atoms. The first kappa shape index (κ1) is 15.3. The van der Waals surface area contributed by atoms with Crippen molar-refractivity contribution in [1.82, 2.24) is 0 Å². The average Bonchev–Trinajstić information content (AvgIpc) is 2.84. The minimum Gasteiger partial charge on any atom is -0.171 e. The average molecular weight is 332 g/mol. The molecule has 2 aromatic heterocycles. The molecule has 0 nitrogen and oxygen atoms in total. The van der Waals surface area contributed by atoms with Crippen molar-refractivity contribution in [3.63, 3.8) is 0 Å². The Labute approximate surface area is 131 Å². The first-order valence-electron chi connectivity index (χ1n) is 7.27. The summed E-state index contributed by atoms with van der Waals surface area (Å²) in [6, 6.07) is 2.20. The zero-order valence-electron chi connectivity index (χ0n) is 12.4.